The lowest BCUT2D eigenvalue weighted by atomic mass is 10.1. The van der Waals surface area contributed by atoms with Crippen LogP contribution in [0.25, 0.3) is 0 Å². The third kappa shape index (κ3) is 3.62. The number of benzene rings is 1. The summed E-state index contributed by atoms with van der Waals surface area (Å²) >= 11 is 0. The van der Waals surface area contributed by atoms with Gasteiger partial charge < -0.3 is 15.8 Å². The number of carbonyl (C=O) groups is 1. The van der Waals surface area contributed by atoms with E-state index < -0.39 is 23.4 Å². The predicted octanol–water partition coefficient (Wildman–Crippen LogP) is 1.70. The van der Waals surface area contributed by atoms with Crippen LogP contribution in [-0.4, -0.2) is 34.9 Å². The fourth-order valence-corrected chi connectivity index (χ4v) is 1.61. The lowest BCUT2D eigenvalue weighted by Gasteiger charge is -2.21. The molecule has 0 aliphatic carbocycles. The van der Waals surface area contributed by atoms with Crippen LogP contribution < -0.4 is 5.73 Å². The molecule has 1 amide bonds. The monoisotopic (exact) mass is 289 g/mol. The maximum Gasteiger partial charge on any atom is 0.254 e. The third-order valence-corrected chi connectivity index (χ3v) is 2.49. The maximum absolute atomic E-state index is 13.1. The molecule has 0 saturated heterocycles. The Morgan fingerprint density at radius 1 is 1.35 bits per heavy atom. The number of amidine groups is 1. The number of amides is 1. The molecule has 0 aliphatic rings. The number of rotatable bonds is 5. The van der Waals surface area contributed by atoms with Crippen molar-refractivity contribution in [3.63, 3.8) is 0 Å². The van der Waals surface area contributed by atoms with Gasteiger partial charge in [-0.25, -0.2) is 13.2 Å². The summed E-state index contributed by atoms with van der Waals surface area (Å²) in [4.78, 5) is 13.2. The molecule has 0 bridgehead atoms. The average Bonchev–Trinajstić information content (AvgIpc) is 2.42. The third-order valence-electron chi connectivity index (χ3n) is 2.49. The van der Waals surface area contributed by atoms with Crippen LogP contribution in [0.1, 0.15) is 23.7 Å². The maximum atomic E-state index is 13.1. The Bertz CT molecular complexity index is 512. The number of hydrogen-bond donors (Lipinski definition) is 2. The minimum absolute atomic E-state index is 0.205. The van der Waals surface area contributed by atoms with E-state index in [2.05, 4.69) is 5.16 Å². The van der Waals surface area contributed by atoms with Crippen LogP contribution in [-0.2, 0) is 0 Å². The summed E-state index contributed by atoms with van der Waals surface area (Å²) in [6.45, 7) is 1.80. The number of hydrogen-bond acceptors (Lipinski definition) is 3. The van der Waals surface area contributed by atoms with E-state index in [1.165, 1.54) is 0 Å². The quantitative estimate of drug-likeness (QED) is 0.285. The number of oxime groups is 1. The molecule has 0 heterocycles. The van der Waals surface area contributed by atoms with Crippen LogP contribution in [0, 0.1) is 17.5 Å². The van der Waals surface area contributed by atoms with Crippen LogP contribution in [0.3, 0.4) is 0 Å². The van der Waals surface area contributed by atoms with E-state index in [1.54, 1.807) is 6.92 Å². The summed E-state index contributed by atoms with van der Waals surface area (Å²) in [5, 5.41) is 11.2. The van der Waals surface area contributed by atoms with Gasteiger partial charge in [0.05, 0.1) is 6.54 Å². The van der Waals surface area contributed by atoms with Crippen molar-refractivity contribution in [2.75, 3.05) is 13.1 Å². The highest BCUT2D eigenvalue weighted by molar-refractivity contribution is 5.97. The van der Waals surface area contributed by atoms with Gasteiger partial charge in [-0.3, -0.25) is 4.79 Å². The van der Waals surface area contributed by atoms with E-state index in [0.717, 1.165) is 4.90 Å². The fraction of sp³-hybridized carbons (Fsp3) is 0.333. The molecule has 1 aromatic rings. The second-order valence-electron chi connectivity index (χ2n) is 4.07. The lowest BCUT2D eigenvalue weighted by Crippen LogP contribution is -2.39. The van der Waals surface area contributed by atoms with Crippen LogP contribution in [0.4, 0.5) is 13.2 Å². The van der Waals surface area contributed by atoms with Gasteiger partial charge in [-0.2, -0.15) is 0 Å². The SMILES string of the molecule is CCCN(CC(N)=NO)C(=O)c1cc(F)c(F)c(F)c1. The number of nitrogens with zero attached hydrogens (tertiary/aromatic N) is 2. The van der Waals surface area contributed by atoms with Crippen LogP contribution >= 0.6 is 0 Å². The molecular formula is C12H14F3N3O2. The summed E-state index contributed by atoms with van der Waals surface area (Å²) < 4.78 is 39.0. The Kier molecular flexibility index (Phi) is 5.36. The fourth-order valence-electron chi connectivity index (χ4n) is 1.61. The van der Waals surface area contributed by atoms with Crippen molar-refractivity contribution >= 4 is 11.7 Å². The van der Waals surface area contributed by atoms with E-state index in [4.69, 9.17) is 10.9 Å². The van der Waals surface area contributed by atoms with E-state index in [9.17, 15) is 18.0 Å². The molecule has 0 saturated carbocycles. The molecule has 0 atom stereocenters. The second-order valence-corrected chi connectivity index (χ2v) is 4.07. The Morgan fingerprint density at radius 3 is 2.35 bits per heavy atom. The molecule has 5 nitrogen and oxygen atoms in total. The largest absolute Gasteiger partial charge is 0.409 e. The first-order chi connectivity index (χ1) is 9.40. The first-order valence-corrected chi connectivity index (χ1v) is 5.80. The molecule has 1 aromatic carbocycles. The zero-order valence-electron chi connectivity index (χ0n) is 10.7. The van der Waals surface area contributed by atoms with Crippen molar-refractivity contribution in [1.82, 2.24) is 4.90 Å². The van der Waals surface area contributed by atoms with E-state index in [-0.39, 0.29) is 24.5 Å². The van der Waals surface area contributed by atoms with E-state index >= 15 is 0 Å². The highest BCUT2D eigenvalue weighted by atomic mass is 19.2. The van der Waals surface area contributed by atoms with Crippen LogP contribution in [0.15, 0.2) is 17.3 Å². The molecule has 20 heavy (non-hydrogen) atoms. The molecule has 0 spiro atoms. The zero-order chi connectivity index (χ0) is 15.3. The summed E-state index contributed by atoms with van der Waals surface area (Å²) in [6.07, 6.45) is 0.552. The molecule has 8 heteroatoms. The minimum Gasteiger partial charge on any atom is -0.409 e. The highest BCUT2D eigenvalue weighted by Gasteiger charge is 2.20. The Hall–Kier alpha value is -2.25. The molecule has 1 rings (SSSR count). The molecule has 3 N–H and O–H groups in total. The van der Waals surface area contributed by atoms with Crippen molar-refractivity contribution in [3.8, 4) is 0 Å². The Labute approximate surface area is 113 Å². The standard InChI is InChI=1S/C12H14F3N3O2/c1-2-3-18(6-10(16)17-20)12(19)7-4-8(13)11(15)9(14)5-7/h4-5,20H,2-3,6H2,1H3,(H2,16,17). The van der Waals surface area contributed by atoms with Crippen molar-refractivity contribution < 1.29 is 23.2 Å². The number of nitrogens with two attached hydrogens (primary N) is 1. The molecule has 0 fully saturated rings. The van der Waals surface area contributed by atoms with Crippen molar-refractivity contribution in [3.05, 3.63) is 35.1 Å². The zero-order valence-corrected chi connectivity index (χ0v) is 10.7. The first-order valence-electron chi connectivity index (χ1n) is 5.80. The Balaban J connectivity index is 3.06. The molecule has 0 aromatic heterocycles. The van der Waals surface area contributed by atoms with Crippen LogP contribution in [0.5, 0.6) is 0 Å². The average molecular weight is 289 g/mol. The first kappa shape index (κ1) is 15.8. The van der Waals surface area contributed by atoms with Gasteiger partial charge in [0.25, 0.3) is 5.91 Å². The summed E-state index contributed by atoms with van der Waals surface area (Å²) in [5.74, 6) is -5.51. The topological polar surface area (TPSA) is 78.9 Å². The van der Waals surface area contributed by atoms with Gasteiger partial charge in [-0.15, -0.1) is 0 Å². The molecule has 0 radical (unpaired) electrons. The second kappa shape index (κ2) is 6.78. The smallest absolute Gasteiger partial charge is 0.254 e. The lowest BCUT2D eigenvalue weighted by molar-refractivity contribution is 0.0777. The normalized spacial score (nSPS) is 11.5. The van der Waals surface area contributed by atoms with Gasteiger partial charge in [-0.1, -0.05) is 12.1 Å². The highest BCUT2D eigenvalue weighted by Crippen LogP contribution is 2.15. The van der Waals surface area contributed by atoms with Gasteiger partial charge in [0.2, 0.25) is 0 Å². The number of halogens is 3. The minimum atomic E-state index is -1.64. The van der Waals surface area contributed by atoms with Crippen molar-refractivity contribution in [1.29, 1.82) is 0 Å². The van der Waals surface area contributed by atoms with Gasteiger partial charge >= 0.3 is 0 Å². The van der Waals surface area contributed by atoms with Crippen molar-refractivity contribution in [2.45, 2.75) is 13.3 Å². The van der Waals surface area contributed by atoms with E-state index in [1.807, 2.05) is 0 Å². The van der Waals surface area contributed by atoms with E-state index in [0.29, 0.717) is 18.6 Å². The van der Waals surface area contributed by atoms with Crippen molar-refractivity contribution in [2.24, 2.45) is 10.9 Å². The summed E-state index contributed by atoms with van der Waals surface area (Å²) in [5.41, 5.74) is 4.96. The van der Waals surface area contributed by atoms with Gasteiger partial charge in [0, 0.05) is 12.1 Å². The predicted molar refractivity (Wildman–Crippen MR) is 65.9 cm³/mol. The summed E-state index contributed by atoms with van der Waals surface area (Å²) in [7, 11) is 0. The van der Waals surface area contributed by atoms with Crippen LogP contribution in [0.2, 0.25) is 0 Å². The molecular weight excluding hydrogens is 275 g/mol. The van der Waals surface area contributed by atoms with Gasteiger partial charge in [0.15, 0.2) is 23.3 Å². The number of carbonyl (C=O) groups excluding carboxylic acids is 1. The Morgan fingerprint density at radius 2 is 1.90 bits per heavy atom. The van der Waals surface area contributed by atoms with Gasteiger partial charge in [-0.05, 0) is 18.6 Å². The summed E-state index contributed by atoms with van der Waals surface area (Å²) in [6, 6.07) is 1.21. The molecule has 0 aliphatic heterocycles. The molecule has 0 unspecified atom stereocenters. The molecule has 110 valence electrons. The van der Waals surface area contributed by atoms with Gasteiger partial charge in [0.1, 0.15) is 0 Å².